The Bertz CT molecular complexity index is 1070. The number of rotatable bonds is 6. The zero-order valence-electron chi connectivity index (χ0n) is 17.3. The average Bonchev–Trinajstić information content (AvgIpc) is 2.79. The lowest BCUT2D eigenvalue weighted by atomic mass is 10.1. The third-order valence-electron chi connectivity index (χ3n) is 5.25. The molecule has 0 radical (unpaired) electrons. The summed E-state index contributed by atoms with van der Waals surface area (Å²) in [7, 11) is 4.82. The number of methoxy groups -OCH3 is 3. The Kier molecular flexibility index (Phi) is 5.56. The van der Waals surface area contributed by atoms with Crippen LogP contribution in [0.1, 0.15) is 5.56 Å². The highest BCUT2D eigenvalue weighted by Gasteiger charge is 2.26. The van der Waals surface area contributed by atoms with Crippen LogP contribution in [0.15, 0.2) is 42.7 Å². The number of ether oxygens (including phenoxy) is 3. The molecule has 8 heteroatoms. The zero-order chi connectivity index (χ0) is 21.1. The number of carbonyl (C=O) groups is 1. The molecule has 1 aliphatic heterocycles. The molecule has 1 amide bonds. The molecule has 156 valence electrons. The Morgan fingerprint density at radius 3 is 2.50 bits per heavy atom. The van der Waals surface area contributed by atoms with Gasteiger partial charge in [-0.2, -0.15) is 0 Å². The number of hydrogen-bond donors (Lipinski definition) is 0. The molecule has 1 aliphatic rings. The van der Waals surface area contributed by atoms with Crippen molar-refractivity contribution in [2.45, 2.75) is 6.54 Å². The summed E-state index contributed by atoms with van der Waals surface area (Å²) in [4.78, 5) is 25.5. The van der Waals surface area contributed by atoms with E-state index in [1.54, 1.807) is 21.3 Å². The van der Waals surface area contributed by atoms with Gasteiger partial charge in [0.1, 0.15) is 17.9 Å². The van der Waals surface area contributed by atoms with Crippen molar-refractivity contribution in [1.29, 1.82) is 0 Å². The summed E-state index contributed by atoms with van der Waals surface area (Å²) in [6.07, 6.45) is 1.51. The highest BCUT2D eigenvalue weighted by molar-refractivity contribution is 5.94. The molecule has 0 atom stereocenters. The van der Waals surface area contributed by atoms with E-state index < -0.39 is 0 Å². The summed E-state index contributed by atoms with van der Waals surface area (Å²) in [5.74, 6) is 2.76. The minimum Gasteiger partial charge on any atom is -0.497 e. The van der Waals surface area contributed by atoms with E-state index in [-0.39, 0.29) is 12.5 Å². The van der Waals surface area contributed by atoms with Crippen LogP contribution in [0.3, 0.4) is 0 Å². The van der Waals surface area contributed by atoms with Crippen molar-refractivity contribution in [3.05, 3.63) is 48.3 Å². The summed E-state index contributed by atoms with van der Waals surface area (Å²) in [6.45, 7) is 2.09. The van der Waals surface area contributed by atoms with E-state index in [2.05, 4.69) is 9.97 Å². The number of aromatic nitrogens is 2. The Balaban J connectivity index is 1.55. The highest BCUT2D eigenvalue weighted by atomic mass is 16.5. The van der Waals surface area contributed by atoms with Gasteiger partial charge in [-0.1, -0.05) is 12.1 Å². The summed E-state index contributed by atoms with van der Waals surface area (Å²) in [5, 5.41) is 0.823. The summed E-state index contributed by atoms with van der Waals surface area (Å²) in [5.41, 5.74) is 1.78. The van der Waals surface area contributed by atoms with Crippen LogP contribution in [0.2, 0.25) is 0 Å². The first-order valence-corrected chi connectivity index (χ1v) is 9.65. The molecule has 2 aromatic carbocycles. The van der Waals surface area contributed by atoms with E-state index in [1.807, 2.05) is 46.2 Å². The van der Waals surface area contributed by atoms with E-state index in [0.717, 1.165) is 28.0 Å². The van der Waals surface area contributed by atoms with Crippen LogP contribution in [-0.2, 0) is 11.3 Å². The third-order valence-corrected chi connectivity index (χ3v) is 5.25. The van der Waals surface area contributed by atoms with Crippen LogP contribution >= 0.6 is 0 Å². The topological polar surface area (TPSA) is 77.0 Å². The molecular formula is C22H24N4O4. The quantitative estimate of drug-likeness (QED) is 0.620. The highest BCUT2D eigenvalue weighted by Crippen LogP contribution is 2.35. The fourth-order valence-corrected chi connectivity index (χ4v) is 3.67. The number of carbonyl (C=O) groups excluding carboxylic acids is 1. The maximum Gasteiger partial charge on any atom is 0.242 e. The lowest BCUT2D eigenvalue weighted by Gasteiger charge is -2.35. The van der Waals surface area contributed by atoms with Crippen molar-refractivity contribution in [2.24, 2.45) is 0 Å². The van der Waals surface area contributed by atoms with Crippen molar-refractivity contribution in [3.63, 3.8) is 0 Å². The van der Waals surface area contributed by atoms with Crippen LogP contribution in [0.25, 0.3) is 10.9 Å². The first-order valence-electron chi connectivity index (χ1n) is 9.65. The molecule has 8 nitrogen and oxygen atoms in total. The second kappa shape index (κ2) is 8.44. The van der Waals surface area contributed by atoms with Crippen LogP contribution in [0.5, 0.6) is 17.2 Å². The molecule has 3 aromatic rings. The van der Waals surface area contributed by atoms with E-state index in [1.165, 1.54) is 6.33 Å². The van der Waals surface area contributed by atoms with Gasteiger partial charge in [-0.15, -0.1) is 0 Å². The van der Waals surface area contributed by atoms with Crippen LogP contribution in [-0.4, -0.2) is 61.7 Å². The molecule has 0 aliphatic carbocycles. The Labute approximate surface area is 175 Å². The van der Waals surface area contributed by atoms with Crippen molar-refractivity contribution in [2.75, 3.05) is 45.9 Å². The summed E-state index contributed by atoms with van der Waals surface area (Å²) < 4.78 is 16.1. The van der Waals surface area contributed by atoms with Gasteiger partial charge in [0, 0.05) is 31.1 Å². The second-order valence-corrected chi connectivity index (χ2v) is 7.01. The van der Waals surface area contributed by atoms with Gasteiger partial charge in [0.15, 0.2) is 11.5 Å². The first-order chi connectivity index (χ1) is 14.6. The maximum absolute atomic E-state index is 12.9. The van der Waals surface area contributed by atoms with Gasteiger partial charge < -0.3 is 24.0 Å². The molecule has 4 rings (SSSR count). The third kappa shape index (κ3) is 3.80. The molecule has 0 saturated carbocycles. The Hall–Kier alpha value is -3.55. The zero-order valence-corrected chi connectivity index (χ0v) is 17.3. The number of anilines is 1. The van der Waals surface area contributed by atoms with Crippen molar-refractivity contribution < 1.29 is 19.0 Å². The first kappa shape index (κ1) is 19.8. The fraction of sp³-hybridized carbons (Fsp3) is 0.318. The minimum absolute atomic E-state index is 0.0521. The minimum atomic E-state index is 0.0521. The van der Waals surface area contributed by atoms with Crippen molar-refractivity contribution in [1.82, 2.24) is 14.9 Å². The standard InChI is InChI=1S/C22H24N4O4/c1-28-16-6-4-5-15(9-16)12-25-7-8-26(13-21(25)27)22-17-10-19(29-2)20(30-3)11-18(17)23-14-24-22/h4-6,9-11,14H,7-8,12-13H2,1-3H3. The van der Waals surface area contributed by atoms with E-state index in [9.17, 15) is 4.79 Å². The number of piperazine rings is 1. The predicted octanol–water partition coefficient (Wildman–Crippen LogP) is 2.50. The Morgan fingerprint density at radius 2 is 1.77 bits per heavy atom. The monoisotopic (exact) mass is 408 g/mol. The van der Waals surface area contributed by atoms with Gasteiger partial charge in [-0.3, -0.25) is 4.79 Å². The number of hydrogen-bond acceptors (Lipinski definition) is 7. The smallest absolute Gasteiger partial charge is 0.242 e. The molecule has 1 fully saturated rings. The van der Waals surface area contributed by atoms with Gasteiger partial charge >= 0.3 is 0 Å². The predicted molar refractivity (Wildman–Crippen MR) is 113 cm³/mol. The van der Waals surface area contributed by atoms with Crippen molar-refractivity contribution >= 4 is 22.6 Å². The van der Waals surface area contributed by atoms with Gasteiger partial charge in [-0.25, -0.2) is 9.97 Å². The molecular weight excluding hydrogens is 384 g/mol. The second-order valence-electron chi connectivity index (χ2n) is 7.01. The maximum atomic E-state index is 12.9. The largest absolute Gasteiger partial charge is 0.497 e. The van der Waals surface area contributed by atoms with E-state index >= 15 is 0 Å². The molecule has 0 spiro atoms. The molecule has 1 aromatic heterocycles. The molecule has 0 N–H and O–H groups in total. The normalized spacial score (nSPS) is 14.2. The average molecular weight is 408 g/mol. The fourth-order valence-electron chi connectivity index (χ4n) is 3.67. The van der Waals surface area contributed by atoms with Crippen molar-refractivity contribution in [3.8, 4) is 17.2 Å². The lowest BCUT2D eigenvalue weighted by molar-refractivity contribution is -0.131. The van der Waals surface area contributed by atoms with Gasteiger partial charge in [-0.05, 0) is 23.8 Å². The van der Waals surface area contributed by atoms with Gasteiger partial charge in [0.2, 0.25) is 5.91 Å². The SMILES string of the molecule is COc1cccc(CN2CCN(c3ncnc4cc(OC)c(OC)cc34)CC2=O)c1. The van der Waals surface area contributed by atoms with Crippen LogP contribution in [0, 0.1) is 0 Å². The molecule has 0 bridgehead atoms. The number of fused-ring (bicyclic) bond motifs is 1. The molecule has 0 unspecified atom stereocenters. The van der Waals surface area contributed by atoms with Crippen LogP contribution in [0.4, 0.5) is 5.82 Å². The summed E-state index contributed by atoms with van der Waals surface area (Å²) >= 11 is 0. The van der Waals surface area contributed by atoms with Gasteiger partial charge in [0.25, 0.3) is 0 Å². The van der Waals surface area contributed by atoms with Crippen LogP contribution < -0.4 is 19.1 Å². The Morgan fingerprint density at radius 1 is 0.967 bits per heavy atom. The summed E-state index contributed by atoms with van der Waals surface area (Å²) in [6, 6.07) is 11.5. The number of amides is 1. The van der Waals surface area contributed by atoms with E-state index in [0.29, 0.717) is 31.1 Å². The molecule has 2 heterocycles. The number of benzene rings is 2. The molecule has 1 saturated heterocycles. The van der Waals surface area contributed by atoms with Gasteiger partial charge in [0.05, 0.1) is 33.4 Å². The lowest BCUT2D eigenvalue weighted by Crippen LogP contribution is -2.50. The van der Waals surface area contributed by atoms with E-state index in [4.69, 9.17) is 14.2 Å². The molecule has 30 heavy (non-hydrogen) atoms. The number of nitrogens with zero attached hydrogens (tertiary/aromatic N) is 4.